The summed E-state index contributed by atoms with van der Waals surface area (Å²) in [7, 11) is 0. The summed E-state index contributed by atoms with van der Waals surface area (Å²) in [6, 6.07) is 11.9. The molecule has 0 unspecified atom stereocenters. The van der Waals surface area contributed by atoms with E-state index >= 15 is 0 Å². The van der Waals surface area contributed by atoms with Gasteiger partial charge in [0.05, 0.1) is 24.4 Å². The molecule has 0 N–H and O–H groups in total. The van der Waals surface area contributed by atoms with E-state index in [4.69, 9.17) is 16.0 Å². The van der Waals surface area contributed by atoms with Crippen molar-refractivity contribution in [3.63, 3.8) is 0 Å². The average Bonchev–Trinajstić information content (AvgIpc) is 3.36. The van der Waals surface area contributed by atoms with Crippen molar-refractivity contribution in [2.75, 3.05) is 0 Å². The highest BCUT2D eigenvalue weighted by molar-refractivity contribution is 6.31. The number of benzene rings is 1. The number of rotatable bonds is 9. The van der Waals surface area contributed by atoms with Gasteiger partial charge in [0.25, 0.3) is 0 Å². The van der Waals surface area contributed by atoms with E-state index in [1.54, 1.807) is 6.26 Å². The zero-order valence-corrected chi connectivity index (χ0v) is 18.6. The predicted octanol–water partition coefficient (Wildman–Crippen LogP) is 5.46. The Balaban J connectivity index is 2.03. The fourth-order valence-electron chi connectivity index (χ4n) is 3.54. The van der Waals surface area contributed by atoms with Crippen LogP contribution in [0.5, 0.6) is 0 Å². The van der Waals surface area contributed by atoms with E-state index in [9.17, 15) is 0 Å². The first-order valence-corrected chi connectivity index (χ1v) is 10.5. The van der Waals surface area contributed by atoms with E-state index in [0.29, 0.717) is 13.1 Å². The molecule has 0 amide bonds. The minimum absolute atomic E-state index is 0.00259. The molecule has 0 aliphatic rings. The molecule has 0 saturated carbocycles. The summed E-state index contributed by atoms with van der Waals surface area (Å²) < 4.78 is 7.64. The number of nitrogens with zero attached hydrogens (tertiary/aromatic N) is 5. The van der Waals surface area contributed by atoms with Gasteiger partial charge in [-0.3, -0.25) is 4.90 Å². The third kappa shape index (κ3) is 4.87. The van der Waals surface area contributed by atoms with Crippen molar-refractivity contribution in [3.8, 4) is 0 Å². The maximum atomic E-state index is 6.49. The molecule has 29 heavy (non-hydrogen) atoms. The van der Waals surface area contributed by atoms with Crippen molar-refractivity contribution >= 4 is 11.6 Å². The van der Waals surface area contributed by atoms with Gasteiger partial charge < -0.3 is 4.42 Å². The summed E-state index contributed by atoms with van der Waals surface area (Å²) in [6.07, 6.45) is 2.64. The first kappa shape index (κ1) is 21.5. The SMILES string of the molecule is CCC(C)(C)n1nnnc1[C@@H](C(C)C)N(Cc1ccco1)Cc1ccccc1Cl. The molecule has 0 bridgehead atoms. The first-order valence-electron chi connectivity index (χ1n) is 10.1. The van der Waals surface area contributed by atoms with Crippen molar-refractivity contribution in [3.05, 3.63) is 64.8 Å². The van der Waals surface area contributed by atoms with Gasteiger partial charge >= 0.3 is 0 Å². The van der Waals surface area contributed by atoms with Gasteiger partial charge in [-0.05, 0) is 60.4 Å². The van der Waals surface area contributed by atoms with Crippen molar-refractivity contribution in [2.45, 2.75) is 65.7 Å². The summed E-state index contributed by atoms with van der Waals surface area (Å²) >= 11 is 6.49. The monoisotopic (exact) mass is 415 g/mol. The molecule has 156 valence electrons. The fraction of sp³-hybridized carbons (Fsp3) is 0.500. The zero-order chi connectivity index (χ0) is 21.0. The Kier molecular flexibility index (Phi) is 6.75. The number of hydrogen-bond acceptors (Lipinski definition) is 5. The molecular formula is C22H30ClN5O. The smallest absolute Gasteiger partial charge is 0.169 e. The van der Waals surface area contributed by atoms with Gasteiger partial charge in [-0.15, -0.1) is 5.10 Å². The molecule has 2 aromatic heterocycles. The van der Waals surface area contributed by atoms with Crippen molar-refractivity contribution in [1.29, 1.82) is 0 Å². The van der Waals surface area contributed by atoms with Crippen LogP contribution in [0.2, 0.25) is 5.02 Å². The van der Waals surface area contributed by atoms with Crippen molar-refractivity contribution in [1.82, 2.24) is 25.1 Å². The lowest BCUT2D eigenvalue weighted by Gasteiger charge is -2.35. The summed E-state index contributed by atoms with van der Waals surface area (Å²) in [5, 5.41) is 13.6. The Hall–Kier alpha value is -2.18. The normalized spacial score (nSPS) is 13.4. The fourth-order valence-corrected chi connectivity index (χ4v) is 3.74. The largest absolute Gasteiger partial charge is 0.468 e. The van der Waals surface area contributed by atoms with Crippen molar-refractivity contribution < 1.29 is 4.42 Å². The van der Waals surface area contributed by atoms with Crippen LogP contribution in [-0.4, -0.2) is 25.1 Å². The highest BCUT2D eigenvalue weighted by Gasteiger charge is 2.34. The molecule has 1 aromatic carbocycles. The Bertz CT molecular complexity index is 904. The van der Waals surface area contributed by atoms with Gasteiger partial charge in [0.15, 0.2) is 5.82 Å². The number of halogens is 1. The summed E-state index contributed by atoms with van der Waals surface area (Å²) in [4.78, 5) is 2.35. The van der Waals surface area contributed by atoms with Gasteiger partial charge in [0, 0.05) is 11.6 Å². The molecule has 2 heterocycles. The third-order valence-electron chi connectivity index (χ3n) is 5.49. The number of furan rings is 1. The summed E-state index contributed by atoms with van der Waals surface area (Å²) in [5.41, 5.74) is 0.896. The molecule has 0 fully saturated rings. The van der Waals surface area contributed by atoms with Crippen LogP contribution >= 0.6 is 11.6 Å². The molecule has 1 atom stereocenters. The molecule has 0 aliphatic carbocycles. The van der Waals surface area contributed by atoms with Crippen LogP contribution in [0.4, 0.5) is 0 Å². The Morgan fingerprint density at radius 2 is 1.90 bits per heavy atom. The maximum Gasteiger partial charge on any atom is 0.169 e. The predicted molar refractivity (Wildman–Crippen MR) is 114 cm³/mol. The topological polar surface area (TPSA) is 60.0 Å². The van der Waals surface area contributed by atoms with E-state index in [0.717, 1.165) is 28.6 Å². The molecule has 7 heteroatoms. The van der Waals surface area contributed by atoms with Crippen LogP contribution in [0.3, 0.4) is 0 Å². The molecular weight excluding hydrogens is 386 g/mol. The molecule has 3 rings (SSSR count). The van der Waals surface area contributed by atoms with Gasteiger partial charge in [-0.2, -0.15) is 0 Å². The van der Waals surface area contributed by atoms with Crippen LogP contribution in [0.25, 0.3) is 0 Å². The van der Waals surface area contributed by atoms with Crippen LogP contribution < -0.4 is 0 Å². The van der Waals surface area contributed by atoms with Crippen LogP contribution in [0.15, 0.2) is 47.1 Å². The van der Waals surface area contributed by atoms with Crippen molar-refractivity contribution in [2.24, 2.45) is 5.92 Å². The van der Waals surface area contributed by atoms with E-state index < -0.39 is 0 Å². The minimum Gasteiger partial charge on any atom is -0.468 e. The quantitative estimate of drug-likeness (QED) is 0.464. The van der Waals surface area contributed by atoms with Crippen LogP contribution in [0.1, 0.15) is 64.2 Å². The number of hydrogen-bond donors (Lipinski definition) is 0. The Morgan fingerprint density at radius 3 is 2.52 bits per heavy atom. The molecule has 0 saturated heterocycles. The van der Waals surface area contributed by atoms with E-state index in [-0.39, 0.29) is 17.5 Å². The lowest BCUT2D eigenvalue weighted by molar-refractivity contribution is 0.110. The van der Waals surface area contributed by atoms with Gasteiger partial charge in [0.1, 0.15) is 5.76 Å². The average molecular weight is 416 g/mol. The van der Waals surface area contributed by atoms with E-state index in [1.807, 2.05) is 35.0 Å². The highest BCUT2D eigenvalue weighted by atomic mass is 35.5. The van der Waals surface area contributed by atoms with E-state index in [1.165, 1.54) is 0 Å². The van der Waals surface area contributed by atoms with Crippen LogP contribution in [-0.2, 0) is 18.6 Å². The molecule has 0 spiro atoms. The third-order valence-corrected chi connectivity index (χ3v) is 5.86. The first-order chi connectivity index (χ1) is 13.8. The standard InChI is InChI=1S/C22H30ClN5O/c1-6-22(4,5)28-21(24-25-26-28)20(16(2)3)27(15-18-11-9-13-29-18)14-17-10-7-8-12-19(17)23/h7-13,16,20H,6,14-15H2,1-5H3/t20-/m1/s1. The van der Waals surface area contributed by atoms with E-state index in [2.05, 4.69) is 61.1 Å². The summed E-state index contributed by atoms with van der Waals surface area (Å²) in [6.45, 7) is 12.2. The Labute approximate surface area is 177 Å². The second-order valence-electron chi connectivity index (χ2n) is 8.38. The van der Waals surface area contributed by atoms with Crippen LogP contribution in [0, 0.1) is 5.92 Å². The molecule has 0 radical (unpaired) electrons. The summed E-state index contributed by atoms with van der Waals surface area (Å²) in [5.74, 6) is 2.05. The highest BCUT2D eigenvalue weighted by Crippen LogP contribution is 2.34. The maximum absolute atomic E-state index is 6.49. The Morgan fingerprint density at radius 1 is 1.14 bits per heavy atom. The van der Waals surface area contributed by atoms with Gasteiger partial charge in [-0.1, -0.05) is 50.6 Å². The lowest BCUT2D eigenvalue weighted by Crippen LogP contribution is -2.37. The van der Waals surface area contributed by atoms with Gasteiger partial charge in [-0.25, -0.2) is 4.68 Å². The second kappa shape index (κ2) is 9.09. The molecule has 0 aliphatic heterocycles. The molecule has 3 aromatic rings. The number of aromatic nitrogens is 4. The van der Waals surface area contributed by atoms with Gasteiger partial charge in [0.2, 0.25) is 0 Å². The second-order valence-corrected chi connectivity index (χ2v) is 8.79. The molecule has 6 nitrogen and oxygen atoms in total. The lowest BCUT2D eigenvalue weighted by atomic mass is 9.97. The minimum atomic E-state index is -0.174. The number of tetrazole rings is 1. The zero-order valence-electron chi connectivity index (χ0n) is 17.8.